The molecule has 0 atom stereocenters. The molecule has 0 spiro atoms. The molecule has 1 aromatic heterocycles. The SMILES string of the molecule is CC(C)CNc1nccc(C(=O)NCCN2CCOCC2)n1. The lowest BCUT2D eigenvalue weighted by Gasteiger charge is -2.26. The molecule has 0 radical (unpaired) electrons. The van der Waals surface area contributed by atoms with Gasteiger partial charge in [0.15, 0.2) is 0 Å². The van der Waals surface area contributed by atoms with Crippen molar-refractivity contribution in [3.8, 4) is 0 Å². The summed E-state index contributed by atoms with van der Waals surface area (Å²) in [4.78, 5) is 22.7. The molecule has 1 saturated heterocycles. The molecule has 0 bridgehead atoms. The van der Waals surface area contributed by atoms with Gasteiger partial charge in [-0.15, -0.1) is 0 Å². The highest BCUT2D eigenvalue weighted by Crippen LogP contribution is 2.02. The average Bonchev–Trinajstić information content (AvgIpc) is 2.54. The van der Waals surface area contributed by atoms with E-state index in [4.69, 9.17) is 4.74 Å². The van der Waals surface area contributed by atoms with E-state index < -0.39 is 0 Å². The van der Waals surface area contributed by atoms with Crippen molar-refractivity contribution in [3.05, 3.63) is 18.0 Å². The van der Waals surface area contributed by atoms with Gasteiger partial charge in [-0.1, -0.05) is 13.8 Å². The number of carbonyl (C=O) groups excluding carboxylic acids is 1. The van der Waals surface area contributed by atoms with Gasteiger partial charge in [0.2, 0.25) is 5.95 Å². The van der Waals surface area contributed by atoms with Crippen molar-refractivity contribution in [2.24, 2.45) is 5.92 Å². The summed E-state index contributed by atoms with van der Waals surface area (Å²) in [6.07, 6.45) is 1.60. The van der Waals surface area contributed by atoms with Crippen LogP contribution in [0.2, 0.25) is 0 Å². The standard InChI is InChI=1S/C15H25N5O2/c1-12(2)11-18-15-17-4-3-13(19-15)14(21)16-5-6-20-7-9-22-10-8-20/h3-4,12H,5-11H2,1-2H3,(H,16,21)(H,17,18,19). The number of aromatic nitrogens is 2. The highest BCUT2D eigenvalue weighted by Gasteiger charge is 2.12. The largest absolute Gasteiger partial charge is 0.379 e. The fourth-order valence-corrected chi connectivity index (χ4v) is 2.11. The third kappa shape index (κ3) is 5.57. The molecule has 1 amide bonds. The molecule has 122 valence electrons. The molecule has 7 nitrogen and oxygen atoms in total. The fourth-order valence-electron chi connectivity index (χ4n) is 2.11. The number of anilines is 1. The quantitative estimate of drug-likeness (QED) is 0.768. The molecular weight excluding hydrogens is 282 g/mol. The molecule has 2 rings (SSSR count). The van der Waals surface area contributed by atoms with Crippen molar-refractivity contribution in [2.45, 2.75) is 13.8 Å². The van der Waals surface area contributed by atoms with Crippen molar-refractivity contribution in [1.29, 1.82) is 0 Å². The number of hydrogen-bond donors (Lipinski definition) is 2. The number of nitrogens with one attached hydrogen (secondary N) is 2. The summed E-state index contributed by atoms with van der Waals surface area (Å²) in [6, 6.07) is 1.63. The molecule has 2 N–H and O–H groups in total. The van der Waals surface area contributed by atoms with Crippen LogP contribution in [-0.2, 0) is 4.74 Å². The Hall–Kier alpha value is -1.73. The fraction of sp³-hybridized carbons (Fsp3) is 0.667. The minimum atomic E-state index is -0.164. The Morgan fingerprint density at radius 3 is 2.91 bits per heavy atom. The summed E-state index contributed by atoms with van der Waals surface area (Å²) in [5, 5.41) is 6.02. The van der Waals surface area contributed by atoms with Gasteiger partial charge in [0.05, 0.1) is 13.2 Å². The van der Waals surface area contributed by atoms with Crippen LogP contribution in [0.25, 0.3) is 0 Å². The van der Waals surface area contributed by atoms with E-state index in [2.05, 4.69) is 39.3 Å². The van der Waals surface area contributed by atoms with Crippen molar-refractivity contribution >= 4 is 11.9 Å². The molecule has 0 saturated carbocycles. The third-order valence-electron chi connectivity index (χ3n) is 3.37. The first kappa shape index (κ1) is 16.6. The normalized spacial score (nSPS) is 15.8. The van der Waals surface area contributed by atoms with E-state index in [0.29, 0.717) is 24.1 Å². The Kier molecular flexibility index (Phi) is 6.54. The van der Waals surface area contributed by atoms with Crippen LogP contribution in [0, 0.1) is 5.92 Å². The first-order chi connectivity index (χ1) is 10.6. The van der Waals surface area contributed by atoms with Crippen molar-refractivity contribution in [1.82, 2.24) is 20.2 Å². The molecule has 0 aromatic carbocycles. The van der Waals surface area contributed by atoms with Crippen LogP contribution >= 0.6 is 0 Å². The molecule has 0 unspecified atom stereocenters. The highest BCUT2D eigenvalue weighted by molar-refractivity contribution is 5.92. The van der Waals surface area contributed by atoms with E-state index in [-0.39, 0.29) is 5.91 Å². The summed E-state index contributed by atoms with van der Waals surface area (Å²) in [5.41, 5.74) is 0.392. The summed E-state index contributed by atoms with van der Waals surface area (Å²) >= 11 is 0. The van der Waals surface area contributed by atoms with E-state index in [1.54, 1.807) is 12.3 Å². The summed E-state index contributed by atoms with van der Waals surface area (Å²) in [5.74, 6) is 0.826. The molecule has 22 heavy (non-hydrogen) atoms. The molecule has 0 aliphatic carbocycles. The predicted molar refractivity (Wildman–Crippen MR) is 85.0 cm³/mol. The van der Waals surface area contributed by atoms with Gasteiger partial charge >= 0.3 is 0 Å². The zero-order valence-corrected chi connectivity index (χ0v) is 13.3. The van der Waals surface area contributed by atoms with Gasteiger partial charge in [-0.25, -0.2) is 9.97 Å². The minimum Gasteiger partial charge on any atom is -0.379 e. The van der Waals surface area contributed by atoms with Crippen LogP contribution in [0.15, 0.2) is 12.3 Å². The predicted octanol–water partition coefficient (Wildman–Crippen LogP) is 0.607. The number of carbonyl (C=O) groups is 1. The van der Waals surface area contributed by atoms with Crippen molar-refractivity contribution in [3.63, 3.8) is 0 Å². The second-order valence-corrected chi connectivity index (χ2v) is 5.75. The molecule has 2 heterocycles. The Bertz CT molecular complexity index is 475. The summed E-state index contributed by atoms with van der Waals surface area (Å²) < 4.78 is 5.30. The Morgan fingerprint density at radius 1 is 1.41 bits per heavy atom. The van der Waals surface area contributed by atoms with E-state index in [1.165, 1.54) is 0 Å². The monoisotopic (exact) mass is 307 g/mol. The molecule has 7 heteroatoms. The van der Waals surface area contributed by atoms with Crippen LogP contribution in [0.4, 0.5) is 5.95 Å². The number of hydrogen-bond acceptors (Lipinski definition) is 6. The van der Waals surface area contributed by atoms with Crippen LogP contribution < -0.4 is 10.6 Å². The van der Waals surface area contributed by atoms with E-state index in [1.807, 2.05) is 0 Å². The molecule has 1 aliphatic rings. The van der Waals surface area contributed by atoms with Crippen LogP contribution in [0.3, 0.4) is 0 Å². The first-order valence-electron chi connectivity index (χ1n) is 7.80. The van der Waals surface area contributed by atoms with Crippen LogP contribution in [0.1, 0.15) is 24.3 Å². The zero-order chi connectivity index (χ0) is 15.8. The van der Waals surface area contributed by atoms with Gasteiger partial charge in [-0.05, 0) is 12.0 Å². The maximum atomic E-state index is 12.1. The van der Waals surface area contributed by atoms with Gasteiger partial charge in [0, 0.05) is 38.9 Å². The lowest BCUT2D eigenvalue weighted by Crippen LogP contribution is -2.41. The van der Waals surface area contributed by atoms with Gasteiger partial charge in [0.1, 0.15) is 5.69 Å². The van der Waals surface area contributed by atoms with E-state index in [9.17, 15) is 4.79 Å². The van der Waals surface area contributed by atoms with Gasteiger partial charge in [0.25, 0.3) is 5.91 Å². The molecule has 1 aliphatic heterocycles. The van der Waals surface area contributed by atoms with E-state index >= 15 is 0 Å². The van der Waals surface area contributed by atoms with Gasteiger partial charge in [-0.2, -0.15) is 0 Å². The lowest BCUT2D eigenvalue weighted by atomic mass is 10.2. The average molecular weight is 307 g/mol. The smallest absolute Gasteiger partial charge is 0.270 e. The molecule has 1 aromatic rings. The first-order valence-corrected chi connectivity index (χ1v) is 7.80. The van der Waals surface area contributed by atoms with Crippen LogP contribution in [-0.4, -0.2) is 66.7 Å². The number of nitrogens with zero attached hydrogens (tertiary/aromatic N) is 3. The third-order valence-corrected chi connectivity index (χ3v) is 3.37. The number of rotatable bonds is 7. The topological polar surface area (TPSA) is 79.4 Å². The van der Waals surface area contributed by atoms with Crippen molar-refractivity contribution < 1.29 is 9.53 Å². The lowest BCUT2D eigenvalue weighted by molar-refractivity contribution is 0.0383. The zero-order valence-electron chi connectivity index (χ0n) is 13.3. The van der Waals surface area contributed by atoms with Crippen LogP contribution in [0.5, 0.6) is 0 Å². The maximum absolute atomic E-state index is 12.1. The highest BCUT2D eigenvalue weighted by atomic mass is 16.5. The summed E-state index contributed by atoms with van der Waals surface area (Å²) in [6.45, 7) is 9.82. The Morgan fingerprint density at radius 2 is 2.18 bits per heavy atom. The summed E-state index contributed by atoms with van der Waals surface area (Å²) in [7, 11) is 0. The second-order valence-electron chi connectivity index (χ2n) is 5.75. The van der Waals surface area contributed by atoms with Crippen molar-refractivity contribution in [2.75, 3.05) is 51.3 Å². The van der Waals surface area contributed by atoms with Gasteiger partial charge < -0.3 is 15.4 Å². The Balaban J connectivity index is 1.77. The van der Waals surface area contributed by atoms with E-state index in [0.717, 1.165) is 39.4 Å². The number of ether oxygens (including phenoxy) is 1. The Labute approximate surface area is 131 Å². The second kappa shape index (κ2) is 8.65. The number of morpholine rings is 1. The minimum absolute atomic E-state index is 0.164. The molecular formula is C15H25N5O2. The molecule has 1 fully saturated rings. The van der Waals surface area contributed by atoms with Gasteiger partial charge in [-0.3, -0.25) is 9.69 Å². The number of amides is 1. The maximum Gasteiger partial charge on any atom is 0.270 e.